The minimum atomic E-state index is 0.229. The van der Waals surface area contributed by atoms with Gasteiger partial charge in [-0.15, -0.1) is 0 Å². The van der Waals surface area contributed by atoms with Crippen molar-refractivity contribution in [3.8, 4) is 5.75 Å². The van der Waals surface area contributed by atoms with Gasteiger partial charge in [-0.2, -0.15) is 0 Å². The Balaban J connectivity index is 3.50. The van der Waals surface area contributed by atoms with Gasteiger partial charge in [-0.05, 0) is 58.3 Å². The van der Waals surface area contributed by atoms with Gasteiger partial charge >= 0.3 is 10.5 Å². The van der Waals surface area contributed by atoms with Crippen LogP contribution in [0.5, 0.6) is 5.75 Å². The molecule has 0 heterocycles. The molecular weight excluding hydrogens is 296 g/mol. The van der Waals surface area contributed by atoms with Gasteiger partial charge in [-0.1, -0.05) is 68.4 Å². The van der Waals surface area contributed by atoms with E-state index < -0.39 is 0 Å². The van der Waals surface area contributed by atoms with Gasteiger partial charge < -0.3 is 4.43 Å². The summed E-state index contributed by atoms with van der Waals surface area (Å²) in [5.74, 6) is 0.966. The third-order valence-corrected chi connectivity index (χ3v) is 3.95. The first kappa shape index (κ1) is 20.3. The van der Waals surface area contributed by atoms with Crippen molar-refractivity contribution in [2.24, 2.45) is 16.2 Å². The monoisotopic (exact) mass is 331 g/mol. The molecule has 1 aromatic rings. The van der Waals surface area contributed by atoms with Crippen LogP contribution in [0.1, 0.15) is 79.0 Å². The molecule has 0 aliphatic rings. The van der Waals surface area contributed by atoms with Gasteiger partial charge in [0.1, 0.15) is 5.75 Å². The molecule has 1 nitrogen and oxygen atoms in total. The molecule has 0 saturated heterocycles. The van der Waals surface area contributed by atoms with Crippen molar-refractivity contribution in [1.82, 2.24) is 0 Å². The fraction of sp³-hybridized carbons (Fsp3) is 0.714. The summed E-state index contributed by atoms with van der Waals surface area (Å²) in [6.45, 7) is 20.8. The highest BCUT2D eigenvalue weighted by atomic mass is 28.2. The smallest absolute Gasteiger partial charge is 0.341 e. The van der Waals surface area contributed by atoms with Gasteiger partial charge in [0.15, 0.2) is 0 Å². The van der Waals surface area contributed by atoms with E-state index >= 15 is 0 Å². The predicted molar refractivity (Wildman–Crippen MR) is 102 cm³/mol. The van der Waals surface area contributed by atoms with Crippen LogP contribution in [0.3, 0.4) is 0 Å². The normalized spacial score (nSPS) is 13.3. The lowest BCUT2D eigenvalue weighted by atomic mass is 9.76. The first-order valence-electron chi connectivity index (χ1n) is 8.69. The van der Waals surface area contributed by atoms with E-state index in [-0.39, 0.29) is 16.2 Å². The molecule has 0 unspecified atom stereocenters. The zero-order chi connectivity index (χ0) is 18.1. The first-order chi connectivity index (χ1) is 10.2. The molecule has 0 atom stereocenters. The molecule has 3 radical (unpaired) electrons. The lowest BCUT2D eigenvalue weighted by molar-refractivity contribution is 0.378. The standard InChI is InChI=1S/C21H35OSi/c1-19(2,3)12-15-10-11-18(22-23)17(14-21(7,8)9)16(15)13-20(4,5)6/h10-11H,12-14H2,1-9H3. The molecule has 1 rings (SSSR count). The SMILES string of the molecule is CC(C)(C)Cc1ccc(O[Si])c(CC(C)(C)C)c1CC(C)(C)C. The van der Waals surface area contributed by atoms with Crippen LogP contribution < -0.4 is 4.43 Å². The third-order valence-electron chi connectivity index (χ3n) is 3.73. The summed E-state index contributed by atoms with van der Waals surface area (Å²) in [5, 5.41) is 0. The molecule has 129 valence electrons. The maximum Gasteiger partial charge on any atom is 0.341 e. The van der Waals surface area contributed by atoms with Crippen LogP contribution in [-0.2, 0) is 19.3 Å². The molecule has 0 amide bonds. The van der Waals surface area contributed by atoms with E-state index in [4.69, 9.17) is 4.43 Å². The Morgan fingerprint density at radius 2 is 1.13 bits per heavy atom. The molecule has 0 bridgehead atoms. The Labute approximate surface area is 147 Å². The summed E-state index contributed by atoms with van der Waals surface area (Å²) < 4.78 is 5.54. The summed E-state index contributed by atoms with van der Waals surface area (Å²) >= 11 is 0. The van der Waals surface area contributed by atoms with Crippen LogP contribution in [-0.4, -0.2) is 10.5 Å². The second-order valence-electron chi connectivity index (χ2n) is 10.5. The largest absolute Gasteiger partial charge is 0.540 e. The molecule has 0 aromatic heterocycles. The van der Waals surface area contributed by atoms with E-state index in [1.165, 1.54) is 16.7 Å². The lowest BCUT2D eigenvalue weighted by Gasteiger charge is -2.30. The fourth-order valence-electron chi connectivity index (χ4n) is 3.03. The van der Waals surface area contributed by atoms with Crippen LogP contribution in [0, 0.1) is 16.2 Å². The number of hydrogen-bond donors (Lipinski definition) is 0. The molecule has 0 aliphatic heterocycles. The zero-order valence-corrected chi connectivity index (χ0v) is 17.7. The first-order valence-corrected chi connectivity index (χ1v) is 9.10. The van der Waals surface area contributed by atoms with E-state index in [9.17, 15) is 0 Å². The molecule has 23 heavy (non-hydrogen) atoms. The van der Waals surface area contributed by atoms with Crippen molar-refractivity contribution in [3.63, 3.8) is 0 Å². The Bertz CT molecular complexity index is 524. The molecule has 0 aliphatic carbocycles. The minimum absolute atomic E-state index is 0.229. The predicted octanol–water partition coefficient (Wildman–Crippen LogP) is 5.91. The second kappa shape index (κ2) is 7.00. The molecule has 0 fully saturated rings. The number of benzene rings is 1. The Morgan fingerprint density at radius 1 is 0.696 bits per heavy atom. The number of rotatable bonds is 4. The molecule has 0 spiro atoms. The van der Waals surface area contributed by atoms with Crippen molar-refractivity contribution in [1.29, 1.82) is 0 Å². The fourth-order valence-corrected chi connectivity index (χ4v) is 3.22. The van der Waals surface area contributed by atoms with Gasteiger partial charge in [0.2, 0.25) is 0 Å². The Morgan fingerprint density at radius 3 is 1.52 bits per heavy atom. The maximum absolute atomic E-state index is 5.54. The quantitative estimate of drug-likeness (QED) is 0.623. The van der Waals surface area contributed by atoms with E-state index in [2.05, 4.69) is 84.9 Å². The topological polar surface area (TPSA) is 9.23 Å². The van der Waals surface area contributed by atoms with E-state index in [1.54, 1.807) is 0 Å². The molecule has 0 saturated carbocycles. The Hall–Kier alpha value is -0.763. The zero-order valence-electron chi connectivity index (χ0n) is 16.7. The van der Waals surface area contributed by atoms with E-state index in [0.29, 0.717) is 0 Å². The van der Waals surface area contributed by atoms with Crippen molar-refractivity contribution in [2.45, 2.75) is 81.6 Å². The van der Waals surface area contributed by atoms with Crippen molar-refractivity contribution >= 4 is 10.5 Å². The van der Waals surface area contributed by atoms with Gasteiger partial charge in [-0.3, -0.25) is 0 Å². The summed E-state index contributed by atoms with van der Waals surface area (Å²) in [6, 6.07) is 4.38. The van der Waals surface area contributed by atoms with Gasteiger partial charge in [-0.25, -0.2) is 0 Å². The summed E-state index contributed by atoms with van der Waals surface area (Å²) in [6.07, 6.45) is 3.20. The van der Waals surface area contributed by atoms with Crippen molar-refractivity contribution < 1.29 is 4.43 Å². The average Bonchev–Trinajstić information content (AvgIpc) is 2.28. The lowest BCUT2D eigenvalue weighted by Crippen LogP contribution is -2.20. The second-order valence-corrected chi connectivity index (χ2v) is 10.7. The molecular formula is C21H35OSi. The van der Waals surface area contributed by atoms with Gasteiger partial charge in [0.05, 0.1) is 0 Å². The maximum atomic E-state index is 5.54. The van der Waals surface area contributed by atoms with Crippen LogP contribution in [0.15, 0.2) is 12.1 Å². The highest BCUT2D eigenvalue weighted by Gasteiger charge is 2.25. The number of hydrogen-bond acceptors (Lipinski definition) is 1. The summed E-state index contributed by atoms with van der Waals surface area (Å²) in [5.41, 5.74) is 5.08. The third kappa shape index (κ3) is 7.11. The van der Waals surface area contributed by atoms with Crippen LogP contribution in [0.4, 0.5) is 0 Å². The summed E-state index contributed by atoms with van der Waals surface area (Å²) in [4.78, 5) is 0. The average molecular weight is 332 g/mol. The molecule has 0 N–H and O–H groups in total. The highest BCUT2D eigenvalue weighted by Crippen LogP contribution is 2.37. The Kier molecular flexibility index (Phi) is 6.18. The summed E-state index contributed by atoms with van der Waals surface area (Å²) in [7, 11) is 3.27. The van der Waals surface area contributed by atoms with Gasteiger partial charge in [0, 0.05) is 0 Å². The van der Waals surface area contributed by atoms with Crippen LogP contribution >= 0.6 is 0 Å². The molecule has 1 aromatic carbocycles. The van der Waals surface area contributed by atoms with Crippen molar-refractivity contribution in [2.75, 3.05) is 0 Å². The van der Waals surface area contributed by atoms with Crippen molar-refractivity contribution in [3.05, 3.63) is 28.8 Å². The van der Waals surface area contributed by atoms with Crippen LogP contribution in [0.2, 0.25) is 0 Å². The van der Waals surface area contributed by atoms with Crippen LogP contribution in [0.25, 0.3) is 0 Å². The van der Waals surface area contributed by atoms with E-state index in [0.717, 1.165) is 25.0 Å². The van der Waals surface area contributed by atoms with Gasteiger partial charge in [0.25, 0.3) is 0 Å². The highest BCUT2D eigenvalue weighted by molar-refractivity contribution is 6.00. The minimum Gasteiger partial charge on any atom is -0.540 e. The van der Waals surface area contributed by atoms with E-state index in [1.807, 2.05) is 0 Å². The molecule has 2 heteroatoms.